The third-order valence-electron chi connectivity index (χ3n) is 3.29. The minimum absolute atomic E-state index is 0.0444. The predicted molar refractivity (Wildman–Crippen MR) is 77.8 cm³/mol. The summed E-state index contributed by atoms with van der Waals surface area (Å²) in [5, 5.41) is 13.2. The highest BCUT2D eigenvalue weighted by molar-refractivity contribution is 6.30. The minimum atomic E-state index is -0.134. The van der Waals surface area contributed by atoms with Gasteiger partial charge in [-0.1, -0.05) is 17.7 Å². The van der Waals surface area contributed by atoms with Crippen LogP contribution in [-0.2, 0) is 11.3 Å². The molecule has 0 aromatic heterocycles. The minimum Gasteiger partial charge on any atom is -0.394 e. The number of anilines is 1. The molecule has 1 aliphatic rings. The number of hydrogen-bond acceptors (Lipinski definition) is 4. The fourth-order valence-corrected chi connectivity index (χ4v) is 2.68. The smallest absolute Gasteiger partial charge is 0.0984 e. The fraction of sp³-hybridized carbons (Fsp3) is 0.571. The quantitative estimate of drug-likeness (QED) is 0.882. The van der Waals surface area contributed by atoms with Crippen molar-refractivity contribution in [1.82, 2.24) is 5.32 Å². The molecular weight excluding hydrogens is 264 g/mol. The van der Waals surface area contributed by atoms with Crippen molar-refractivity contribution in [2.24, 2.45) is 0 Å². The van der Waals surface area contributed by atoms with Gasteiger partial charge >= 0.3 is 0 Å². The Morgan fingerprint density at radius 1 is 1.47 bits per heavy atom. The molecule has 0 saturated carbocycles. The number of halogens is 1. The van der Waals surface area contributed by atoms with Crippen molar-refractivity contribution in [2.45, 2.75) is 25.7 Å². The topological polar surface area (TPSA) is 44.7 Å². The van der Waals surface area contributed by atoms with Gasteiger partial charge in [0.05, 0.1) is 18.8 Å². The maximum Gasteiger partial charge on any atom is 0.0984 e. The monoisotopic (exact) mass is 284 g/mol. The van der Waals surface area contributed by atoms with Gasteiger partial charge in [0.1, 0.15) is 0 Å². The molecule has 5 heteroatoms. The number of aliphatic hydroxyl groups is 1. The molecule has 1 heterocycles. The van der Waals surface area contributed by atoms with Crippen molar-refractivity contribution in [2.75, 3.05) is 31.6 Å². The number of nitrogens with one attached hydrogen (secondary N) is 1. The number of benzene rings is 1. The van der Waals surface area contributed by atoms with Crippen LogP contribution in [0, 0.1) is 0 Å². The molecule has 2 rings (SSSR count). The number of morpholine rings is 1. The molecule has 0 amide bonds. The summed E-state index contributed by atoms with van der Waals surface area (Å²) in [6.07, 6.45) is -0.0301. The Morgan fingerprint density at radius 3 is 2.95 bits per heavy atom. The molecule has 0 radical (unpaired) electrons. The van der Waals surface area contributed by atoms with E-state index >= 15 is 0 Å². The molecular formula is C14H21ClN2O2. The maximum absolute atomic E-state index is 9.31. The molecule has 0 aliphatic carbocycles. The van der Waals surface area contributed by atoms with Crippen LogP contribution >= 0.6 is 11.6 Å². The van der Waals surface area contributed by atoms with Crippen molar-refractivity contribution in [3.8, 4) is 0 Å². The first-order valence-electron chi connectivity index (χ1n) is 6.58. The van der Waals surface area contributed by atoms with Crippen molar-refractivity contribution < 1.29 is 9.84 Å². The number of ether oxygens (including phenoxy) is 1. The molecule has 0 spiro atoms. The molecule has 106 valence electrons. The summed E-state index contributed by atoms with van der Waals surface area (Å²) in [4.78, 5) is 2.24. The zero-order chi connectivity index (χ0) is 13.8. The molecule has 2 atom stereocenters. The van der Waals surface area contributed by atoms with E-state index in [0.717, 1.165) is 23.8 Å². The highest BCUT2D eigenvalue weighted by atomic mass is 35.5. The van der Waals surface area contributed by atoms with Gasteiger partial charge in [-0.15, -0.1) is 0 Å². The third-order valence-corrected chi connectivity index (χ3v) is 3.52. The zero-order valence-corrected chi connectivity index (χ0v) is 12.2. The van der Waals surface area contributed by atoms with Crippen molar-refractivity contribution >= 4 is 17.3 Å². The Hall–Kier alpha value is -0.810. The van der Waals surface area contributed by atoms with Gasteiger partial charge in [-0.05, 0) is 31.7 Å². The van der Waals surface area contributed by atoms with Gasteiger partial charge < -0.3 is 20.1 Å². The fourth-order valence-electron chi connectivity index (χ4n) is 2.51. The SMILES string of the molecule is CNCc1ccc(Cl)cc1N1CC(C)OC(CO)C1. The summed E-state index contributed by atoms with van der Waals surface area (Å²) in [5.41, 5.74) is 2.33. The third kappa shape index (κ3) is 3.60. The Balaban J connectivity index is 2.26. The lowest BCUT2D eigenvalue weighted by Crippen LogP contribution is -2.48. The first kappa shape index (κ1) is 14.6. The van der Waals surface area contributed by atoms with Crippen LogP contribution in [0.4, 0.5) is 5.69 Å². The predicted octanol–water partition coefficient (Wildman–Crippen LogP) is 1.65. The van der Waals surface area contributed by atoms with Gasteiger partial charge in [0.25, 0.3) is 0 Å². The van der Waals surface area contributed by atoms with Crippen LogP contribution in [0.15, 0.2) is 18.2 Å². The van der Waals surface area contributed by atoms with E-state index in [9.17, 15) is 5.11 Å². The van der Waals surface area contributed by atoms with Crippen LogP contribution in [-0.4, -0.2) is 44.1 Å². The van der Waals surface area contributed by atoms with Gasteiger partial charge in [-0.25, -0.2) is 0 Å². The number of rotatable bonds is 4. The normalized spacial score (nSPS) is 23.7. The molecule has 1 aliphatic heterocycles. The maximum atomic E-state index is 9.31. The molecule has 2 unspecified atom stereocenters. The van der Waals surface area contributed by atoms with E-state index in [1.807, 2.05) is 32.2 Å². The largest absolute Gasteiger partial charge is 0.394 e. The lowest BCUT2D eigenvalue weighted by molar-refractivity contribution is -0.0421. The lowest BCUT2D eigenvalue weighted by Gasteiger charge is -2.38. The number of nitrogens with zero attached hydrogens (tertiary/aromatic N) is 1. The Bertz CT molecular complexity index is 428. The van der Waals surface area contributed by atoms with Crippen LogP contribution in [0.2, 0.25) is 5.02 Å². The highest BCUT2D eigenvalue weighted by Crippen LogP contribution is 2.27. The zero-order valence-electron chi connectivity index (χ0n) is 11.4. The number of hydrogen-bond donors (Lipinski definition) is 2. The summed E-state index contributed by atoms with van der Waals surface area (Å²) in [5.74, 6) is 0. The van der Waals surface area contributed by atoms with Gasteiger partial charge in [0.2, 0.25) is 0 Å². The molecule has 19 heavy (non-hydrogen) atoms. The van der Waals surface area contributed by atoms with Crippen LogP contribution in [0.3, 0.4) is 0 Å². The number of aliphatic hydroxyl groups excluding tert-OH is 1. The lowest BCUT2D eigenvalue weighted by atomic mass is 10.1. The van der Waals surface area contributed by atoms with Crippen LogP contribution < -0.4 is 10.2 Å². The van der Waals surface area contributed by atoms with Gasteiger partial charge in [0, 0.05) is 30.3 Å². The highest BCUT2D eigenvalue weighted by Gasteiger charge is 2.26. The summed E-state index contributed by atoms with van der Waals surface area (Å²) in [6.45, 7) is 4.37. The van der Waals surface area contributed by atoms with Gasteiger partial charge in [0.15, 0.2) is 0 Å². The summed E-state index contributed by atoms with van der Waals surface area (Å²) in [7, 11) is 1.93. The first-order chi connectivity index (χ1) is 9.13. The second-order valence-corrected chi connectivity index (χ2v) is 5.40. The van der Waals surface area contributed by atoms with Gasteiger partial charge in [-0.2, -0.15) is 0 Å². The average Bonchev–Trinajstić information content (AvgIpc) is 2.40. The van der Waals surface area contributed by atoms with Gasteiger partial charge in [-0.3, -0.25) is 0 Å². The summed E-state index contributed by atoms with van der Waals surface area (Å²) >= 11 is 6.12. The van der Waals surface area contributed by atoms with Crippen molar-refractivity contribution in [3.05, 3.63) is 28.8 Å². The van der Waals surface area contributed by atoms with E-state index in [2.05, 4.69) is 10.2 Å². The van der Waals surface area contributed by atoms with E-state index in [4.69, 9.17) is 16.3 Å². The Kier molecular flexibility index (Phi) is 5.05. The second-order valence-electron chi connectivity index (χ2n) is 4.96. The van der Waals surface area contributed by atoms with Crippen LogP contribution in [0.1, 0.15) is 12.5 Å². The molecule has 1 saturated heterocycles. The molecule has 1 aromatic carbocycles. The van der Waals surface area contributed by atoms with E-state index in [1.54, 1.807) is 0 Å². The molecule has 1 aromatic rings. The standard InChI is InChI=1S/C14H21ClN2O2/c1-10-7-17(8-13(9-18)19-10)14-5-12(15)4-3-11(14)6-16-2/h3-5,10,13,16,18H,6-9H2,1-2H3. The molecule has 4 nitrogen and oxygen atoms in total. The van der Waals surface area contributed by atoms with E-state index < -0.39 is 0 Å². The Morgan fingerprint density at radius 2 is 2.26 bits per heavy atom. The second kappa shape index (κ2) is 6.57. The summed E-state index contributed by atoms with van der Waals surface area (Å²) < 4.78 is 5.68. The molecule has 0 bridgehead atoms. The first-order valence-corrected chi connectivity index (χ1v) is 6.96. The van der Waals surface area contributed by atoms with Crippen molar-refractivity contribution in [1.29, 1.82) is 0 Å². The molecule has 2 N–H and O–H groups in total. The Labute approximate surface area is 119 Å². The summed E-state index contributed by atoms with van der Waals surface area (Å²) in [6, 6.07) is 5.94. The van der Waals surface area contributed by atoms with Crippen LogP contribution in [0.5, 0.6) is 0 Å². The van der Waals surface area contributed by atoms with Crippen molar-refractivity contribution in [3.63, 3.8) is 0 Å². The molecule has 1 fully saturated rings. The van der Waals surface area contributed by atoms with E-state index in [0.29, 0.717) is 6.54 Å². The van der Waals surface area contributed by atoms with E-state index in [1.165, 1.54) is 5.56 Å². The average molecular weight is 285 g/mol. The van der Waals surface area contributed by atoms with Crippen LogP contribution in [0.25, 0.3) is 0 Å². The van der Waals surface area contributed by atoms with E-state index in [-0.39, 0.29) is 18.8 Å².